The smallest absolute Gasteiger partial charge is 0.341 e. The molecular weight excluding hydrogens is 439 g/mol. The highest BCUT2D eigenvalue weighted by atomic mass is 19.1. The van der Waals surface area contributed by atoms with Crippen molar-refractivity contribution in [3.05, 3.63) is 74.8 Å². The second-order valence-electron chi connectivity index (χ2n) is 8.92. The third-order valence-corrected chi connectivity index (χ3v) is 5.55. The molecule has 0 aliphatic carbocycles. The first-order chi connectivity index (χ1) is 15.3. The summed E-state index contributed by atoms with van der Waals surface area (Å²) >= 11 is 0. The van der Waals surface area contributed by atoms with E-state index in [1.54, 1.807) is 17.6 Å². The highest BCUT2D eigenvalue weighted by Gasteiger charge is 2.28. The predicted molar refractivity (Wildman–Crippen MR) is 116 cm³/mol. The van der Waals surface area contributed by atoms with Gasteiger partial charge in [0.2, 0.25) is 5.43 Å². The van der Waals surface area contributed by atoms with Crippen LogP contribution in [0.25, 0.3) is 10.9 Å². The fourth-order valence-corrected chi connectivity index (χ4v) is 3.69. The molecule has 176 valence electrons. The number of aryl methyl sites for hydroxylation is 1. The number of nitrogens with zero attached hydrogens (tertiary/aromatic N) is 1. The number of aromatic carboxylic acids is 1. The number of halogens is 3. The Kier molecular flexibility index (Phi) is 6.56. The minimum absolute atomic E-state index is 0.0123. The average Bonchev–Trinajstić information content (AvgIpc) is 2.68. The summed E-state index contributed by atoms with van der Waals surface area (Å²) in [5, 5.41) is 19.6. The van der Waals surface area contributed by atoms with E-state index in [0.29, 0.717) is 23.2 Å². The summed E-state index contributed by atoms with van der Waals surface area (Å²) < 4.78 is 48.2. The van der Waals surface area contributed by atoms with Gasteiger partial charge < -0.3 is 19.5 Å². The summed E-state index contributed by atoms with van der Waals surface area (Å²) in [6, 6.07) is 3.42. The summed E-state index contributed by atoms with van der Waals surface area (Å²) in [6.45, 7) is 6.38. The van der Waals surface area contributed by atoms with E-state index in [-0.39, 0.29) is 17.7 Å². The Bertz CT molecular complexity index is 1270. The Hall–Kier alpha value is -3.33. The summed E-state index contributed by atoms with van der Waals surface area (Å²) in [5.74, 6) is -4.61. The average molecular weight is 463 g/mol. The van der Waals surface area contributed by atoms with E-state index < -0.39 is 58.0 Å². The first-order valence-corrected chi connectivity index (χ1v) is 10.1. The van der Waals surface area contributed by atoms with E-state index in [2.05, 4.69) is 0 Å². The van der Waals surface area contributed by atoms with E-state index in [9.17, 15) is 33.0 Å². The number of ether oxygens (including phenoxy) is 1. The van der Waals surface area contributed by atoms with Gasteiger partial charge in [0, 0.05) is 18.3 Å². The molecule has 0 amide bonds. The van der Waals surface area contributed by atoms with Crippen LogP contribution < -0.4 is 10.2 Å². The molecule has 2 aromatic carbocycles. The van der Waals surface area contributed by atoms with E-state index in [4.69, 9.17) is 4.74 Å². The van der Waals surface area contributed by atoms with Gasteiger partial charge in [-0.25, -0.2) is 18.0 Å². The van der Waals surface area contributed by atoms with Crippen LogP contribution in [0.5, 0.6) is 5.75 Å². The number of carbonyl (C=O) groups is 1. The maximum absolute atomic E-state index is 14.0. The Morgan fingerprint density at radius 3 is 2.24 bits per heavy atom. The van der Waals surface area contributed by atoms with Crippen molar-refractivity contribution in [2.75, 3.05) is 6.61 Å². The van der Waals surface area contributed by atoms with Gasteiger partial charge in [-0.3, -0.25) is 4.79 Å². The number of aromatic nitrogens is 1. The lowest BCUT2D eigenvalue weighted by atomic mass is 9.86. The maximum atomic E-state index is 14.0. The molecule has 6 nitrogen and oxygen atoms in total. The third-order valence-electron chi connectivity index (χ3n) is 5.55. The van der Waals surface area contributed by atoms with Crippen LogP contribution in [-0.4, -0.2) is 27.4 Å². The standard InChI is InChI=1S/C24H24F3NO5/c1-12-5-19-14(8-20(12)33-11-16-17(26)6-13(25)7-18(16)27)22(30)15(23(31)32)9-28(19)21(10-29)24(2,3)4/h5-9,21,29H,10-11H2,1-4H3,(H,31,32)/t21-/m1/s1. The van der Waals surface area contributed by atoms with Crippen LogP contribution >= 0.6 is 0 Å². The lowest BCUT2D eigenvalue weighted by molar-refractivity contribution is 0.0692. The van der Waals surface area contributed by atoms with Gasteiger partial charge in [-0.05, 0) is 30.0 Å². The van der Waals surface area contributed by atoms with Crippen molar-refractivity contribution in [3.8, 4) is 5.75 Å². The van der Waals surface area contributed by atoms with Crippen molar-refractivity contribution in [1.29, 1.82) is 0 Å². The monoisotopic (exact) mass is 463 g/mol. The van der Waals surface area contributed by atoms with Gasteiger partial charge in [0.25, 0.3) is 0 Å². The Morgan fingerprint density at radius 1 is 1.12 bits per heavy atom. The molecule has 0 aliphatic heterocycles. The zero-order valence-electron chi connectivity index (χ0n) is 18.6. The normalized spacial score (nSPS) is 12.7. The van der Waals surface area contributed by atoms with Crippen LogP contribution in [0, 0.1) is 29.8 Å². The van der Waals surface area contributed by atoms with Gasteiger partial charge in [0.15, 0.2) is 0 Å². The molecule has 0 saturated heterocycles. The van der Waals surface area contributed by atoms with E-state index in [0.717, 1.165) is 0 Å². The molecule has 9 heteroatoms. The van der Waals surface area contributed by atoms with Crippen molar-refractivity contribution in [2.45, 2.75) is 40.3 Å². The first-order valence-electron chi connectivity index (χ1n) is 10.1. The number of pyridine rings is 1. The molecule has 0 unspecified atom stereocenters. The van der Waals surface area contributed by atoms with Gasteiger partial charge in [0.05, 0.1) is 29.1 Å². The van der Waals surface area contributed by atoms with Gasteiger partial charge >= 0.3 is 5.97 Å². The highest BCUT2D eigenvalue weighted by molar-refractivity contribution is 5.93. The van der Waals surface area contributed by atoms with Crippen LogP contribution in [0.2, 0.25) is 0 Å². The fourth-order valence-electron chi connectivity index (χ4n) is 3.69. The zero-order chi connectivity index (χ0) is 24.7. The van der Waals surface area contributed by atoms with Gasteiger partial charge in [0.1, 0.15) is 35.4 Å². The van der Waals surface area contributed by atoms with Crippen LogP contribution in [0.1, 0.15) is 48.3 Å². The van der Waals surface area contributed by atoms with Crippen molar-refractivity contribution >= 4 is 16.9 Å². The molecule has 0 aliphatic rings. The van der Waals surface area contributed by atoms with E-state index in [1.165, 1.54) is 12.3 Å². The Morgan fingerprint density at radius 2 is 1.73 bits per heavy atom. The number of fused-ring (bicyclic) bond motifs is 1. The lowest BCUT2D eigenvalue weighted by Gasteiger charge is -2.33. The highest BCUT2D eigenvalue weighted by Crippen LogP contribution is 2.34. The summed E-state index contributed by atoms with van der Waals surface area (Å²) in [7, 11) is 0. The second kappa shape index (κ2) is 8.90. The quantitative estimate of drug-likeness (QED) is 0.559. The summed E-state index contributed by atoms with van der Waals surface area (Å²) in [5.41, 5.74) is -1.33. The molecule has 0 radical (unpaired) electrons. The summed E-state index contributed by atoms with van der Waals surface area (Å²) in [4.78, 5) is 24.6. The van der Waals surface area contributed by atoms with Gasteiger partial charge in [-0.1, -0.05) is 20.8 Å². The number of aliphatic hydroxyl groups excluding tert-OH is 1. The molecule has 0 saturated carbocycles. The van der Waals surface area contributed by atoms with Gasteiger partial charge in [-0.15, -0.1) is 0 Å². The SMILES string of the molecule is Cc1cc2c(cc1OCc1c(F)cc(F)cc1F)c(=O)c(C(=O)O)cn2[C@H](CO)C(C)(C)C. The lowest BCUT2D eigenvalue weighted by Crippen LogP contribution is -2.30. The van der Waals surface area contributed by atoms with Crippen molar-refractivity contribution < 1.29 is 32.9 Å². The molecule has 0 spiro atoms. The van der Waals surface area contributed by atoms with Crippen molar-refractivity contribution in [3.63, 3.8) is 0 Å². The van der Waals surface area contributed by atoms with Crippen LogP contribution in [0.15, 0.2) is 35.3 Å². The zero-order valence-corrected chi connectivity index (χ0v) is 18.6. The first kappa shape index (κ1) is 24.3. The maximum Gasteiger partial charge on any atom is 0.341 e. The molecule has 3 rings (SSSR count). The number of rotatable bonds is 6. The molecule has 1 aromatic heterocycles. The van der Waals surface area contributed by atoms with Crippen molar-refractivity contribution in [1.82, 2.24) is 4.57 Å². The molecule has 33 heavy (non-hydrogen) atoms. The molecule has 1 heterocycles. The predicted octanol–water partition coefficient (Wildman–Crippen LogP) is 4.58. The third kappa shape index (κ3) is 4.73. The topological polar surface area (TPSA) is 88.8 Å². The molecule has 0 fully saturated rings. The molecule has 1 atom stereocenters. The summed E-state index contributed by atoms with van der Waals surface area (Å²) in [6.07, 6.45) is 1.21. The Balaban J connectivity index is 2.17. The van der Waals surface area contributed by atoms with E-state index >= 15 is 0 Å². The number of benzene rings is 2. The molecule has 2 N–H and O–H groups in total. The van der Waals surface area contributed by atoms with Gasteiger partial charge in [-0.2, -0.15) is 0 Å². The van der Waals surface area contributed by atoms with Crippen LogP contribution in [0.3, 0.4) is 0 Å². The molecular formula is C24H24F3NO5. The van der Waals surface area contributed by atoms with Crippen LogP contribution in [-0.2, 0) is 6.61 Å². The molecule has 0 bridgehead atoms. The number of hydrogen-bond donors (Lipinski definition) is 2. The minimum atomic E-state index is -1.43. The van der Waals surface area contributed by atoms with Crippen LogP contribution in [0.4, 0.5) is 13.2 Å². The molecule has 3 aromatic rings. The van der Waals surface area contributed by atoms with Crippen molar-refractivity contribution in [2.24, 2.45) is 5.41 Å². The van der Waals surface area contributed by atoms with E-state index in [1.807, 2.05) is 20.8 Å². The second-order valence-corrected chi connectivity index (χ2v) is 8.92. The fraction of sp³-hybridized carbons (Fsp3) is 0.333. The minimum Gasteiger partial charge on any atom is -0.488 e. The number of aliphatic hydroxyl groups is 1. The number of hydrogen-bond acceptors (Lipinski definition) is 4. The number of carboxylic acids is 1. The Labute approximate surface area is 187 Å². The largest absolute Gasteiger partial charge is 0.488 e. The number of carboxylic acid groups (broad SMARTS) is 1.